The molecule has 1 atom stereocenters. The molecule has 0 bridgehead atoms. The molecule has 1 N–H and O–H groups in total. The Labute approximate surface area is 174 Å². The average molecular weight is 406 g/mol. The molecule has 0 fully saturated rings. The summed E-state index contributed by atoms with van der Waals surface area (Å²) in [6, 6.07) is 13.4. The largest absolute Gasteiger partial charge is 0.513 e. The standard InChI is InChI=1S/C23H22N2O5/c1-3-29-23(27)30-21-10-6-7-17(15-16-11-13-18(28-2)14-12-16)22(21)25-24-19-8-4-5-9-20(19)26/h4-15,22,26H,3H2,1-2H3. The third-order valence-electron chi connectivity index (χ3n) is 4.21. The molecule has 0 radical (unpaired) electrons. The summed E-state index contributed by atoms with van der Waals surface area (Å²) in [4.78, 5) is 11.9. The summed E-state index contributed by atoms with van der Waals surface area (Å²) in [5.74, 6) is 1.03. The molecule has 7 heteroatoms. The van der Waals surface area contributed by atoms with Gasteiger partial charge in [-0.25, -0.2) is 4.79 Å². The second-order valence-electron chi connectivity index (χ2n) is 6.24. The van der Waals surface area contributed by atoms with Crippen molar-refractivity contribution in [1.29, 1.82) is 0 Å². The number of methoxy groups -OCH3 is 1. The molecule has 1 aliphatic carbocycles. The first-order chi connectivity index (χ1) is 14.6. The molecule has 30 heavy (non-hydrogen) atoms. The van der Waals surface area contributed by atoms with Crippen LogP contribution in [0.4, 0.5) is 10.5 Å². The smallest absolute Gasteiger partial charge is 0.506 e. The molecule has 7 nitrogen and oxygen atoms in total. The number of hydrogen-bond acceptors (Lipinski definition) is 7. The average Bonchev–Trinajstić information content (AvgIpc) is 2.75. The molecule has 0 spiro atoms. The van der Waals surface area contributed by atoms with Gasteiger partial charge in [-0.2, -0.15) is 10.2 Å². The number of allylic oxidation sites excluding steroid dienone is 2. The normalized spacial score (nSPS) is 17.1. The van der Waals surface area contributed by atoms with Gasteiger partial charge in [-0.1, -0.05) is 36.4 Å². The summed E-state index contributed by atoms with van der Waals surface area (Å²) in [5, 5.41) is 18.5. The van der Waals surface area contributed by atoms with Crippen molar-refractivity contribution in [2.24, 2.45) is 10.2 Å². The molecule has 0 aromatic heterocycles. The molecule has 0 saturated heterocycles. The number of para-hydroxylation sites is 1. The summed E-state index contributed by atoms with van der Waals surface area (Å²) >= 11 is 0. The second kappa shape index (κ2) is 10.1. The van der Waals surface area contributed by atoms with Crippen LogP contribution in [0.25, 0.3) is 6.08 Å². The van der Waals surface area contributed by atoms with Crippen molar-refractivity contribution in [2.75, 3.05) is 13.7 Å². The van der Waals surface area contributed by atoms with Gasteiger partial charge in [0.2, 0.25) is 0 Å². The molecule has 0 aliphatic heterocycles. The Hall–Kier alpha value is -3.87. The highest BCUT2D eigenvalue weighted by atomic mass is 16.7. The lowest BCUT2D eigenvalue weighted by molar-refractivity contribution is 0.0787. The minimum atomic E-state index is -0.814. The number of carbonyl (C=O) groups excluding carboxylic acids is 1. The summed E-state index contributed by atoms with van der Waals surface area (Å²) in [6.07, 6.45) is 6.35. The van der Waals surface area contributed by atoms with Gasteiger partial charge in [0.25, 0.3) is 0 Å². The first-order valence-electron chi connectivity index (χ1n) is 9.38. The molecule has 154 valence electrons. The number of phenols is 1. The number of aromatic hydroxyl groups is 1. The van der Waals surface area contributed by atoms with Crippen LogP contribution in [0.3, 0.4) is 0 Å². The van der Waals surface area contributed by atoms with Crippen LogP contribution in [0.5, 0.6) is 11.5 Å². The van der Waals surface area contributed by atoms with Crippen LogP contribution in [0, 0.1) is 0 Å². The summed E-state index contributed by atoms with van der Waals surface area (Å²) < 4.78 is 15.4. The Balaban J connectivity index is 1.94. The molecular weight excluding hydrogens is 384 g/mol. The Morgan fingerprint density at radius 1 is 1.17 bits per heavy atom. The van der Waals surface area contributed by atoms with Crippen LogP contribution >= 0.6 is 0 Å². The van der Waals surface area contributed by atoms with Gasteiger partial charge in [-0.05, 0) is 54.5 Å². The number of ether oxygens (including phenoxy) is 3. The van der Waals surface area contributed by atoms with Gasteiger partial charge in [0.15, 0.2) is 6.04 Å². The minimum absolute atomic E-state index is 0.00475. The number of phenolic OH excluding ortho intramolecular Hbond substituents is 1. The lowest BCUT2D eigenvalue weighted by Crippen LogP contribution is -2.19. The fourth-order valence-electron chi connectivity index (χ4n) is 2.75. The zero-order valence-corrected chi connectivity index (χ0v) is 16.7. The van der Waals surface area contributed by atoms with Gasteiger partial charge < -0.3 is 19.3 Å². The fourth-order valence-corrected chi connectivity index (χ4v) is 2.75. The van der Waals surface area contributed by atoms with E-state index in [1.54, 1.807) is 44.4 Å². The highest BCUT2D eigenvalue weighted by molar-refractivity contribution is 5.65. The monoisotopic (exact) mass is 406 g/mol. The molecule has 2 aromatic carbocycles. The third-order valence-corrected chi connectivity index (χ3v) is 4.21. The van der Waals surface area contributed by atoms with Crippen molar-refractivity contribution in [2.45, 2.75) is 13.0 Å². The van der Waals surface area contributed by atoms with Crippen LogP contribution in [0.15, 0.2) is 88.3 Å². The highest BCUT2D eigenvalue weighted by Gasteiger charge is 2.24. The molecule has 0 heterocycles. The maximum Gasteiger partial charge on any atom is 0.513 e. The van der Waals surface area contributed by atoms with E-state index in [0.717, 1.165) is 16.9 Å². The number of hydrogen-bond donors (Lipinski definition) is 1. The summed E-state index contributed by atoms with van der Waals surface area (Å²) in [6.45, 7) is 1.89. The van der Waals surface area contributed by atoms with E-state index < -0.39 is 12.2 Å². The first-order valence-corrected chi connectivity index (χ1v) is 9.38. The van der Waals surface area contributed by atoms with Crippen LogP contribution in [0.2, 0.25) is 0 Å². The Bertz CT molecular complexity index is 1010. The molecule has 1 unspecified atom stereocenters. The Morgan fingerprint density at radius 3 is 2.63 bits per heavy atom. The maximum atomic E-state index is 11.9. The predicted octanol–water partition coefficient (Wildman–Crippen LogP) is 5.56. The summed E-state index contributed by atoms with van der Waals surface area (Å²) in [5.41, 5.74) is 1.98. The maximum absolute atomic E-state index is 11.9. The highest BCUT2D eigenvalue weighted by Crippen LogP contribution is 2.30. The lowest BCUT2D eigenvalue weighted by Gasteiger charge is -2.19. The zero-order chi connectivity index (χ0) is 21.3. The predicted molar refractivity (Wildman–Crippen MR) is 113 cm³/mol. The van der Waals surface area contributed by atoms with Gasteiger partial charge in [0.05, 0.1) is 13.7 Å². The fraction of sp³-hybridized carbons (Fsp3) is 0.174. The number of benzene rings is 2. The van der Waals surface area contributed by atoms with E-state index in [2.05, 4.69) is 10.2 Å². The van der Waals surface area contributed by atoms with E-state index in [4.69, 9.17) is 14.2 Å². The van der Waals surface area contributed by atoms with Crippen molar-refractivity contribution >= 4 is 17.9 Å². The van der Waals surface area contributed by atoms with E-state index in [0.29, 0.717) is 5.69 Å². The van der Waals surface area contributed by atoms with Crippen LogP contribution in [-0.2, 0) is 9.47 Å². The molecule has 0 amide bonds. The van der Waals surface area contributed by atoms with Crippen molar-refractivity contribution in [3.8, 4) is 11.5 Å². The van der Waals surface area contributed by atoms with E-state index in [1.165, 1.54) is 6.07 Å². The van der Waals surface area contributed by atoms with E-state index in [-0.39, 0.29) is 18.1 Å². The Kier molecular flexibility index (Phi) is 7.00. The molecule has 1 aliphatic rings. The summed E-state index contributed by atoms with van der Waals surface area (Å²) in [7, 11) is 1.61. The van der Waals surface area contributed by atoms with Crippen LogP contribution < -0.4 is 4.74 Å². The molecule has 0 saturated carbocycles. The van der Waals surface area contributed by atoms with Gasteiger partial charge in [-0.3, -0.25) is 0 Å². The van der Waals surface area contributed by atoms with Crippen molar-refractivity contribution in [1.82, 2.24) is 0 Å². The van der Waals surface area contributed by atoms with Crippen LogP contribution in [0.1, 0.15) is 12.5 Å². The van der Waals surface area contributed by atoms with Gasteiger partial charge in [0, 0.05) is 0 Å². The van der Waals surface area contributed by atoms with Crippen molar-refractivity contribution in [3.05, 3.63) is 83.7 Å². The van der Waals surface area contributed by atoms with Gasteiger partial charge >= 0.3 is 6.16 Å². The third kappa shape index (κ3) is 5.35. The lowest BCUT2D eigenvalue weighted by atomic mass is 9.98. The minimum Gasteiger partial charge on any atom is -0.506 e. The first kappa shape index (κ1) is 20.9. The van der Waals surface area contributed by atoms with Crippen molar-refractivity contribution < 1.29 is 24.1 Å². The van der Waals surface area contributed by atoms with Crippen LogP contribution in [-0.4, -0.2) is 31.0 Å². The van der Waals surface area contributed by atoms with Gasteiger partial charge in [-0.15, -0.1) is 0 Å². The van der Waals surface area contributed by atoms with E-state index in [1.807, 2.05) is 36.4 Å². The Morgan fingerprint density at radius 2 is 1.93 bits per heavy atom. The van der Waals surface area contributed by atoms with E-state index >= 15 is 0 Å². The zero-order valence-electron chi connectivity index (χ0n) is 16.7. The number of rotatable bonds is 6. The second-order valence-corrected chi connectivity index (χ2v) is 6.24. The molecular formula is C23H22N2O5. The molecule has 2 aromatic rings. The van der Waals surface area contributed by atoms with E-state index in [9.17, 15) is 9.90 Å². The quantitative estimate of drug-likeness (QED) is 0.501. The molecule has 3 rings (SSSR count). The SMILES string of the molecule is CCOC(=O)OC1=CC=CC(=Cc2ccc(OC)cc2)C1N=Nc1ccccc1O. The number of azo groups is 1. The van der Waals surface area contributed by atoms with Crippen molar-refractivity contribution in [3.63, 3.8) is 0 Å². The van der Waals surface area contributed by atoms with Gasteiger partial charge in [0.1, 0.15) is 22.9 Å². The number of nitrogens with zero attached hydrogens (tertiary/aromatic N) is 2. The topological polar surface area (TPSA) is 89.7 Å². The number of carbonyl (C=O) groups is 1.